The third-order valence-corrected chi connectivity index (χ3v) is 6.50. The zero-order valence-corrected chi connectivity index (χ0v) is 20.3. The Kier molecular flexibility index (Phi) is 8.10. The highest BCUT2D eigenvalue weighted by Crippen LogP contribution is 2.16. The van der Waals surface area contributed by atoms with Gasteiger partial charge in [0.15, 0.2) is 0 Å². The van der Waals surface area contributed by atoms with Crippen molar-refractivity contribution in [2.75, 3.05) is 6.54 Å². The lowest BCUT2D eigenvalue weighted by Crippen LogP contribution is -2.53. The Labute approximate surface area is 206 Å². The van der Waals surface area contributed by atoms with E-state index in [1.807, 2.05) is 62.4 Å². The van der Waals surface area contributed by atoms with Gasteiger partial charge in [-0.25, -0.2) is 4.98 Å². The van der Waals surface area contributed by atoms with Crippen molar-refractivity contribution in [1.29, 1.82) is 0 Å². The number of aryl methyl sites for hydroxylation is 1. The summed E-state index contributed by atoms with van der Waals surface area (Å²) in [4.78, 5) is 30.5. The molecule has 1 fully saturated rings. The van der Waals surface area contributed by atoms with Crippen LogP contribution in [0.5, 0.6) is 0 Å². The van der Waals surface area contributed by atoms with Crippen LogP contribution in [0.15, 0.2) is 66.7 Å². The number of fused-ring (bicyclic) bond motifs is 1. The van der Waals surface area contributed by atoms with E-state index in [4.69, 9.17) is 0 Å². The number of para-hydroxylation sites is 1. The van der Waals surface area contributed by atoms with Crippen LogP contribution in [0.1, 0.15) is 42.7 Å². The minimum Gasteiger partial charge on any atom is -0.389 e. The van der Waals surface area contributed by atoms with Crippen LogP contribution in [0.4, 0.5) is 0 Å². The molecule has 0 saturated carbocycles. The van der Waals surface area contributed by atoms with Gasteiger partial charge in [0.05, 0.1) is 17.7 Å². The topological polar surface area (TPSA) is 103 Å². The van der Waals surface area contributed by atoms with E-state index in [9.17, 15) is 14.7 Å². The number of carbonyl (C=O) groups is 2. The first-order chi connectivity index (χ1) is 16.9. The first-order valence-electron chi connectivity index (χ1n) is 12.3. The van der Waals surface area contributed by atoms with Gasteiger partial charge in [-0.2, -0.15) is 0 Å². The number of pyridine rings is 1. The lowest BCUT2D eigenvalue weighted by molar-refractivity contribution is -0.124. The number of aliphatic hydroxyl groups is 1. The van der Waals surface area contributed by atoms with Gasteiger partial charge in [-0.15, -0.1) is 0 Å². The maximum Gasteiger partial charge on any atom is 0.270 e. The molecular formula is C28H34N4O3. The lowest BCUT2D eigenvalue weighted by atomic mass is 9.99. The zero-order valence-electron chi connectivity index (χ0n) is 20.3. The number of aliphatic hydroxyl groups excluding tert-OH is 1. The fourth-order valence-corrected chi connectivity index (χ4v) is 4.59. The van der Waals surface area contributed by atoms with E-state index in [1.165, 1.54) is 5.56 Å². The van der Waals surface area contributed by atoms with Gasteiger partial charge in [-0.3, -0.25) is 9.59 Å². The summed E-state index contributed by atoms with van der Waals surface area (Å²) >= 11 is 0. The number of carbonyl (C=O) groups excluding carboxylic acids is 2. The zero-order chi connectivity index (χ0) is 24.8. The van der Waals surface area contributed by atoms with E-state index in [0.717, 1.165) is 23.7 Å². The number of benzene rings is 2. The van der Waals surface area contributed by atoms with Crippen molar-refractivity contribution in [2.24, 2.45) is 5.92 Å². The summed E-state index contributed by atoms with van der Waals surface area (Å²) in [6.45, 7) is 4.50. The molecule has 7 heteroatoms. The second-order valence-electron chi connectivity index (χ2n) is 9.69. The number of rotatable bonds is 9. The quantitative estimate of drug-likeness (QED) is 0.382. The van der Waals surface area contributed by atoms with Crippen molar-refractivity contribution in [3.63, 3.8) is 0 Å². The van der Waals surface area contributed by atoms with Crippen molar-refractivity contribution in [3.05, 3.63) is 78.0 Å². The maximum atomic E-state index is 13.2. The molecule has 3 aromatic rings. The molecule has 35 heavy (non-hydrogen) atoms. The van der Waals surface area contributed by atoms with Gasteiger partial charge in [-0.1, -0.05) is 68.4 Å². The van der Waals surface area contributed by atoms with Crippen molar-refractivity contribution in [3.8, 4) is 0 Å². The first kappa shape index (κ1) is 24.8. The Morgan fingerprint density at radius 1 is 1.06 bits per heavy atom. The monoisotopic (exact) mass is 474 g/mol. The Bertz CT molecular complexity index is 1150. The summed E-state index contributed by atoms with van der Waals surface area (Å²) in [5.74, 6) is -0.481. The second kappa shape index (κ2) is 11.4. The molecule has 7 nitrogen and oxygen atoms in total. The Balaban J connectivity index is 1.36. The Morgan fingerprint density at radius 3 is 2.57 bits per heavy atom. The van der Waals surface area contributed by atoms with Crippen LogP contribution in [0, 0.1) is 5.92 Å². The summed E-state index contributed by atoms with van der Waals surface area (Å²) < 4.78 is 0. The molecule has 0 bridgehead atoms. The number of nitrogens with zero attached hydrogens (tertiary/aromatic N) is 1. The fourth-order valence-electron chi connectivity index (χ4n) is 4.59. The summed E-state index contributed by atoms with van der Waals surface area (Å²) in [7, 11) is 0. The molecule has 0 aliphatic carbocycles. The van der Waals surface area contributed by atoms with Gasteiger partial charge in [0.25, 0.3) is 5.91 Å². The second-order valence-corrected chi connectivity index (χ2v) is 9.69. The highest BCUT2D eigenvalue weighted by Gasteiger charge is 2.36. The van der Waals surface area contributed by atoms with Crippen molar-refractivity contribution in [1.82, 2.24) is 20.9 Å². The molecule has 4 atom stereocenters. The molecule has 2 aromatic carbocycles. The van der Waals surface area contributed by atoms with Crippen LogP contribution >= 0.6 is 0 Å². The van der Waals surface area contributed by atoms with E-state index >= 15 is 0 Å². The predicted octanol–water partition coefficient (Wildman–Crippen LogP) is 2.83. The van der Waals surface area contributed by atoms with Gasteiger partial charge in [-0.05, 0) is 42.9 Å². The van der Waals surface area contributed by atoms with Crippen molar-refractivity contribution < 1.29 is 14.7 Å². The molecule has 4 rings (SSSR count). The van der Waals surface area contributed by atoms with Gasteiger partial charge in [0, 0.05) is 18.0 Å². The van der Waals surface area contributed by atoms with E-state index in [2.05, 4.69) is 33.1 Å². The number of hydrogen-bond acceptors (Lipinski definition) is 5. The van der Waals surface area contributed by atoms with Gasteiger partial charge in [0.2, 0.25) is 5.91 Å². The van der Waals surface area contributed by atoms with Crippen molar-refractivity contribution in [2.45, 2.75) is 57.3 Å². The van der Waals surface area contributed by atoms with Crippen LogP contribution in [-0.2, 0) is 11.2 Å². The molecule has 1 aliphatic heterocycles. The highest BCUT2D eigenvalue weighted by atomic mass is 16.3. The predicted molar refractivity (Wildman–Crippen MR) is 137 cm³/mol. The molecule has 3 unspecified atom stereocenters. The third kappa shape index (κ3) is 6.44. The summed E-state index contributed by atoms with van der Waals surface area (Å²) in [6, 6.07) is 20.0. The van der Waals surface area contributed by atoms with Gasteiger partial charge < -0.3 is 21.1 Å². The first-order valence-corrected chi connectivity index (χ1v) is 12.3. The molecule has 0 spiro atoms. The van der Waals surface area contributed by atoms with Gasteiger partial charge >= 0.3 is 0 Å². The SMILES string of the molecule is CC(C)C[C@H](NC(=O)c1ccc2ccccc2n1)C(=O)NC1CNC(CCc2ccccc2)C1O. The molecule has 2 amide bonds. The van der Waals surface area contributed by atoms with E-state index in [-0.39, 0.29) is 29.5 Å². The van der Waals surface area contributed by atoms with Crippen LogP contribution in [0.2, 0.25) is 0 Å². The molecule has 0 radical (unpaired) electrons. The average molecular weight is 475 g/mol. The minimum absolute atomic E-state index is 0.0968. The fraction of sp³-hybridized carbons (Fsp3) is 0.393. The third-order valence-electron chi connectivity index (χ3n) is 6.50. The normalized spacial score (nSPS) is 20.6. The van der Waals surface area contributed by atoms with Gasteiger partial charge in [0.1, 0.15) is 11.7 Å². The smallest absolute Gasteiger partial charge is 0.270 e. The van der Waals surface area contributed by atoms with Crippen LogP contribution in [-0.4, -0.2) is 52.7 Å². The minimum atomic E-state index is -0.716. The van der Waals surface area contributed by atoms with Crippen LogP contribution in [0.25, 0.3) is 10.9 Å². The summed E-state index contributed by atoms with van der Waals surface area (Å²) in [5.41, 5.74) is 2.22. The summed E-state index contributed by atoms with van der Waals surface area (Å²) in [6.07, 6.45) is 1.41. The Morgan fingerprint density at radius 2 is 1.80 bits per heavy atom. The van der Waals surface area contributed by atoms with Crippen LogP contribution in [0.3, 0.4) is 0 Å². The highest BCUT2D eigenvalue weighted by molar-refractivity contribution is 5.97. The Hall–Kier alpha value is -3.29. The molecule has 1 aliphatic rings. The molecular weight excluding hydrogens is 440 g/mol. The molecule has 1 aromatic heterocycles. The number of nitrogens with one attached hydrogen (secondary N) is 3. The van der Waals surface area contributed by atoms with Crippen molar-refractivity contribution >= 4 is 22.7 Å². The summed E-state index contributed by atoms with van der Waals surface area (Å²) in [5, 5.41) is 20.9. The van der Waals surface area contributed by atoms with E-state index in [0.29, 0.717) is 13.0 Å². The lowest BCUT2D eigenvalue weighted by Gasteiger charge is -2.24. The molecule has 184 valence electrons. The average Bonchev–Trinajstić information content (AvgIpc) is 3.21. The number of hydrogen-bond donors (Lipinski definition) is 4. The number of amides is 2. The largest absolute Gasteiger partial charge is 0.389 e. The maximum absolute atomic E-state index is 13.2. The molecule has 4 N–H and O–H groups in total. The van der Waals surface area contributed by atoms with Crippen LogP contribution < -0.4 is 16.0 Å². The van der Waals surface area contributed by atoms with E-state index in [1.54, 1.807) is 6.07 Å². The molecule has 2 heterocycles. The van der Waals surface area contributed by atoms with E-state index < -0.39 is 18.2 Å². The number of aromatic nitrogens is 1. The standard InChI is InChI=1S/C28H34N4O3/c1-18(2)16-24(31-27(34)23-15-13-20-10-6-7-11-21(20)30-23)28(35)32-25-17-29-22(26(25)33)14-12-19-8-4-3-5-9-19/h3-11,13,15,18,22,24-26,29,33H,12,14,16-17H2,1-2H3,(H,31,34)(H,32,35)/t22?,24-,25?,26?/m0/s1. The molecule has 1 saturated heterocycles.